The third-order valence-corrected chi connectivity index (χ3v) is 12.7. The summed E-state index contributed by atoms with van der Waals surface area (Å²) in [5.74, 6) is -4.20. The average Bonchev–Trinajstić information content (AvgIpc) is 3.99. The van der Waals surface area contributed by atoms with E-state index < -0.39 is 71.1 Å². The molecule has 4 atom stereocenters. The van der Waals surface area contributed by atoms with Gasteiger partial charge in [0.25, 0.3) is 17.7 Å². The number of benzene rings is 3. The second-order valence-electron chi connectivity index (χ2n) is 20.5. The molecule has 9 amide bonds. The lowest BCUT2D eigenvalue weighted by atomic mass is 9.84. The number of imidazole rings is 1. The van der Waals surface area contributed by atoms with E-state index in [-0.39, 0.29) is 99.9 Å². The Kier molecular flexibility index (Phi) is 22.6. The molecular weight excluding hydrogens is 1010 g/mol. The molecule has 0 bridgehead atoms. The molecule has 1 aromatic heterocycles. The van der Waals surface area contributed by atoms with Crippen LogP contribution in [0.1, 0.15) is 109 Å². The lowest BCUT2D eigenvalue weighted by Gasteiger charge is -2.40. The Bertz CT molecular complexity index is 2740. The maximum Gasteiger partial charge on any atom is 0.407 e. The van der Waals surface area contributed by atoms with Crippen LogP contribution < -0.4 is 32.3 Å². The van der Waals surface area contributed by atoms with E-state index in [4.69, 9.17) is 15.5 Å². The van der Waals surface area contributed by atoms with E-state index in [1.54, 1.807) is 48.9 Å². The van der Waals surface area contributed by atoms with Gasteiger partial charge in [0.15, 0.2) is 0 Å². The Labute approximate surface area is 452 Å². The number of nitrogens with two attached hydrogens (primary N) is 1. The predicted molar refractivity (Wildman–Crippen MR) is 286 cm³/mol. The lowest BCUT2D eigenvalue weighted by molar-refractivity contribution is -0.145. The molecule has 0 saturated heterocycles. The maximum atomic E-state index is 15.2. The van der Waals surface area contributed by atoms with Gasteiger partial charge in [-0.1, -0.05) is 83.5 Å². The number of nitrogens with zero attached hydrogens (tertiary/aromatic N) is 4. The largest absolute Gasteiger partial charge is 0.445 e. The Morgan fingerprint density at radius 2 is 1.49 bits per heavy atom. The van der Waals surface area contributed by atoms with Gasteiger partial charge in [-0.15, -0.1) is 0 Å². The summed E-state index contributed by atoms with van der Waals surface area (Å²) >= 11 is 0. The number of primary amides is 1. The van der Waals surface area contributed by atoms with Gasteiger partial charge >= 0.3 is 12.1 Å². The first-order valence-corrected chi connectivity index (χ1v) is 26.0. The van der Waals surface area contributed by atoms with Gasteiger partial charge in [0, 0.05) is 68.7 Å². The number of anilines is 1. The molecule has 5 rings (SSSR count). The molecule has 1 aliphatic rings. The number of unbranched alkanes of at least 4 members (excludes halogenated alkanes) is 2. The standard InChI is InChI=1S/C56H72F2N10O10/c1-35(2)48(65-45(70)18-11-8-12-29-67-46(71)25-26-47(67)72)52(74)64-43(17-13-27-60-54(59)76)51(73)62-40-22-19-38(20-23-40)34-78-55(77)61-28-14-30-68(53(75)36(3)69)49(56(4,5)6)50-63-44(41-31-39(57)21-24-42(41)58)33-66(50)32-37-15-9-7-10-16-37/h7,9-10,15-16,19-26,31,33,35-36,43,48-49,69H,8,11-14,17-18,27-30,32,34H2,1-6H3,(H,61,77)(H,62,73)(H,64,74)(H,65,70)(H3,59,60,76)/t36-,43-,48-,49-/m0/s1. The molecular formula is C56H72F2N10O10. The van der Waals surface area contributed by atoms with Crippen LogP contribution in [0.3, 0.4) is 0 Å². The number of hydrogen-bond acceptors (Lipinski definition) is 11. The van der Waals surface area contributed by atoms with E-state index in [1.807, 2.05) is 51.1 Å². The van der Waals surface area contributed by atoms with Gasteiger partial charge in [-0.25, -0.2) is 23.4 Å². The second kappa shape index (κ2) is 28.9. The number of alkyl carbamates (subject to hydrolysis) is 1. The van der Waals surface area contributed by atoms with Crippen molar-refractivity contribution in [2.45, 2.75) is 124 Å². The highest BCUT2D eigenvalue weighted by atomic mass is 19.1. The zero-order valence-electron chi connectivity index (χ0n) is 45.0. The van der Waals surface area contributed by atoms with Crippen molar-refractivity contribution in [3.05, 3.63) is 120 Å². The summed E-state index contributed by atoms with van der Waals surface area (Å²) in [5, 5.41) is 24.1. The number of ether oxygens (including phenoxy) is 1. The van der Waals surface area contributed by atoms with E-state index in [9.17, 15) is 47.9 Å². The minimum absolute atomic E-state index is 0.0544. The van der Waals surface area contributed by atoms with Crippen molar-refractivity contribution in [3.8, 4) is 11.3 Å². The molecule has 22 heteroatoms. The van der Waals surface area contributed by atoms with Crippen LogP contribution in [-0.4, -0.2) is 116 Å². The molecule has 3 aromatic carbocycles. The average molecular weight is 1080 g/mol. The zero-order valence-corrected chi connectivity index (χ0v) is 45.0. The quantitative estimate of drug-likeness (QED) is 0.0256. The highest BCUT2D eigenvalue weighted by molar-refractivity contribution is 6.12. The molecule has 420 valence electrons. The van der Waals surface area contributed by atoms with Crippen LogP contribution in [-0.2, 0) is 46.7 Å². The monoisotopic (exact) mass is 1080 g/mol. The number of aliphatic hydroxyl groups excluding tert-OH is 1. The summed E-state index contributed by atoms with van der Waals surface area (Å²) in [7, 11) is 0. The van der Waals surface area contributed by atoms with Crippen molar-refractivity contribution >= 4 is 53.3 Å². The Morgan fingerprint density at radius 3 is 2.13 bits per heavy atom. The summed E-state index contributed by atoms with van der Waals surface area (Å²) in [5.41, 5.74) is 6.42. The van der Waals surface area contributed by atoms with Crippen LogP contribution in [0, 0.1) is 23.0 Å². The van der Waals surface area contributed by atoms with Crippen molar-refractivity contribution in [2.75, 3.05) is 31.5 Å². The third-order valence-electron chi connectivity index (χ3n) is 12.7. The predicted octanol–water partition coefficient (Wildman–Crippen LogP) is 5.99. The Hall–Kier alpha value is -8.01. The molecule has 4 aromatic rings. The topological polar surface area (TPSA) is 276 Å². The number of halogens is 2. The molecule has 78 heavy (non-hydrogen) atoms. The number of nitrogens with one attached hydrogen (secondary N) is 5. The number of carbonyl (C=O) groups excluding carboxylic acids is 8. The molecule has 20 nitrogen and oxygen atoms in total. The van der Waals surface area contributed by atoms with Crippen LogP contribution in [0.25, 0.3) is 11.3 Å². The highest BCUT2D eigenvalue weighted by Gasteiger charge is 2.39. The van der Waals surface area contributed by atoms with E-state index >= 15 is 4.39 Å². The number of aliphatic hydroxyl groups is 1. The molecule has 2 heterocycles. The summed E-state index contributed by atoms with van der Waals surface area (Å²) in [6.45, 7) is 11.2. The van der Waals surface area contributed by atoms with Crippen LogP contribution >= 0.6 is 0 Å². The first-order valence-electron chi connectivity index (χ1n) is 26.0. The molecule has 8 N–H and O–H groups in total. The van der Waals surface area contributed by atoms with Gasteiger partial charge in [0.1, 0.15) is 42.3 Å². The smallest absolute Gasteiger partial charge is 0.407 e. The van der Waals surface area contributed by atoms with Gasteiger partial charge in [-0.2, -0.15) is 0 Å². The summed E-state index contributed by atoms with van der Waals surface area (Å²) in [4.78, 5) is 109. The van der Waals surface area contributed by atoms with Gasteiger partial charge < -0.3 is 51.6 Å². The number of hydrogen-bond donors (Lipinski definition) is 7. The molecule has 0 aliphatic carbocycles. The fraction of sp³-hybridized carbons (Fsp3) is 0.446. The molecule has 0 spiro atoms. The summed E-state index contributed by atoms with van der Waals surface area (Å²) < 4.78 is 36.8. The van der Waals surface area contributed by atoms with Crippen LogP contribution in [0.5, 0.6) is 0 Å². The number of rotatable bonds is 28. The highest BCUT2D eigenvalue weighted by Crippen LogP contribution is 2.40. The van der Waals surface area contributed by atoms with Gasteiger partial charge in [0.05, 0.1) is 11.7 Å². The molecule has 1 aliphatic heterocycles. The van der Waals surface area contributed by atoms with Crippen molar-refractivity contribution in [1.82, 2.24) is 40.6 Å². The van der Waals surface area contributed by atoms with E-state index in [0.29, 0.717) is 36.3 Å². The zero-order chi connectivity index (χ0) is 57.1. The molecule has 0 saturated carbocycles. The molecule has 0 radical (unpaired) electrons. The Morgan fingerprint density at radius 1 is 0.808 bits per heavy atom. The van der Waals surface area contributed by atoms with Crippen molar-refractivity contribution < 1.29 is 57.0 Å². The number of aromatic nitrogens is 2. The first kappa shape index (κ1) is 60.9. The summed E-state index contributed by atoms with van der Waals surface area (Å²) in [6.07, 6.45) is 4.10. The maximum absolute atomic E-state index is 15.2. The minimum Gasteiger partial charge on any atom is -0.445 e. The summed E-state index contributed by atoms with van der Waals surface area (Å²) in [6, 6.07) is 15.3. The normalized spacial score (nSPS) is 13.8. The van der Waals surface area contributed by atoms with E-state index in [1.165, 1.54) is 24.0 Å². The molecule has 0 unspecified atom stereocenters. The molecule has 0 fully saturated rings. The SMILES string of the molecule is CC(C)[C@H](NC(=O)CCCCCN1C(=O)C=CC1=O)C(=O)N[C@@H](CCCNC(N)=O)C(=O)Nc1ccc(COC(=O)NCCCN(C(=O)[C@H](C)O)[C@@H](c2nc(-c3cc(F)ccc3F)cn2Cc2ccccc2)C(C)(C)C)cc1. The fourth-order valence-electron chi connectivity index (χ4n) is 8.75. The van der Waals surface area contributed by atoms with Crippen LogP contribution in [0.4, 0.5) is 24.1 Å². The second-order valence-corrected chi connectivity index (χ2v) is 20.5. The number of amides is 9. The number of carbonyl (C=O) groups is 8. The van der Waals surface area contributed by atoms with E-state index in [0.717, 1.165) is 28.7 Å². The number of urea groups is 1. The van der Waals surface area contributed by atoms with Crippen LogP contribution in [0.2, 0.25) is 0 Å². The first-order chi connectivity index (χ1) is 37.0. The van der Waals surface area contributed by atoms with Crippen molar-refractivity contribution in [1.29, 1.82) is 0 Å². The van der Waals surface area contributed by atoms with Crippen LogP contribution in [0.15, 0.2) is 91.1 Å². The van der Waals surface area contributed by atoms with Gasteiger partial charge in [0.2, 0.25) is 17.7 Å². The van der Waals surface area contributed by atoms with Gasteiger partial charge in [-0.3, -0.25) is 33.7 Å². The third kappa shape index (κ3) is 18.3. The lowest BCUT2D eigenvalue weighted by Crippen LogP contribution is -2.54. The van der Waals surface area contributed by atoms with Gasteiger partial charge in [-0.05, 0) is 91.8 Å². The minimum atomic E-state index is -1.41. The number of imide groups is 1. The van der Waals surface area contributed by atoms with E-state index in [2.05, 4.69) is 26.6 Å². The van der Waals surface area contributed by atoms with Crippen molar-refractivity contribution in [3.63, 3.8) is 0 Å². The Balaban J connectivity index is 1.16. The fourth-order valence-corrected chi connectivity index (χ4v) is 8.75. The van der Waals surface area contributed by atoms with Crippen molar-refractivity contribution in [2.24, 2.45) is 17.1 Å².